The van der Waals surface area contributed by atoms with E-state index in [1.807, 2.05) is 69.4 Å². The van der Waals surface area contributed by atoms with Crippen LogP contribution in [0.4, 0.5) is 20.4 Å². The van der Waals surface area contributed by atoms with Gasteiger partial charge in [-0.2, -0.15) is 0 Å². The van der Waals surface area contributed by atoms with Gasteiger partial charge >= 0.3 is 0 Å². The maximum absolute atomic E-state index is 12.7. The van der Waals surface area contributed by atoms with Gasteiger partial charge in [0.15, 0.2) is 0 Å². The fourth-order valence-electron chi connectivity index (χ4n) is 4.50. The number of aromatic nitrogens is 3. The molecule has 3 heterocycles. The highest BCUT2D eigenvalue weighted by Crippen LogP contribution is 2.25. The first-order chi connectivity index (χ1) is 19.7. The number of aldehydes is 1. The van der Waals surface area contributed by atoms with Crippen LogP contribution in [0.3, 0.4) is 0 Å². The van der Waals surface area contributed by atoms with Gasteiger partial charge in [-0.25, -0.2) is 13.8 Å². The van der Waals surface area contributed by atoms with Crippen molar-refractivity contribution in [1.29, 1.82) is 0 Å². The quantitative estimate of drug-likeness (QED) is 0.245. The second-order valence-corrected chi connectivity index (χ2v) is 10.0. The molecule has 0 amide bonds. The molecule has 1 aliphatic rings. The van der Waals surface area contributed by atoms with Crippen LogP contribution in [0.5, 0.6) is 0 Å². The molecule has 1 N–H and O–H groups in total. The van der Waals surface area contributed by atoms with Crippen LogP contribution >= 0.6 is 12.6 Å². The number of anilines is 2. The summed E-state index contributed by atoms with van der Waals surface area (Å²) in [4.78, 5) is 35.7. The van der Waals surface area contributed by atoms with Crippen LogP contribution in [0.25, 0.3) is 22.0 Å². The van der Waals surface area contributed by atoms with E-state index in [1.54, 1.807) is 23.9 Å². The van der Waals surface area contributed by atoms with Gasteiger partial charge in [0, 0.05) is 73.1 Å². The lowest BCUT2D eigenvalue weighted by molar-refractivity contribution is -0.107. The number of pyridine rings is 1. The molecule has 1 aliphatic heterocycles. The van der Waals surface area contributed by atoms with Crippen LogP contribution in [-0.4, -0.2) is 60.1 Å². The topological polar surface area (TPSA) is 89.4 Å². The monoisotopic (exact) mass is 583 g/mol. The smallest absolute Gasteiger partial charge is 0.255 e. The second-order valence-electron chi connectivity index (χ2n) is 9.51. The van der Waals surface area contributed by atoms with Crippen molar-refractivity contribution < 1.29 is 18.3 Å². The minimum Gasteiger partial charge on any atom is -0.388 e. The number of carbonyl (C=O) groups is 1. The Morgan fingerprint density at radius 1 is 1.07 bits per heavy atom. The first-order valence-corrected chi connectivity index (χ1v) is 13.5. The van der Waals surface area contributed by atoms with Crippen LogP contribution in [0.1, 0.15) is 19.5 Å². The van der Waals surface area contributed by atoms with Gasteiger partial charge in [-0.05, 0) is 49.6 Å². The summed E-state index contributed by atoms with van der Waals surface area (Å²) >= 11 is 4.17. The molecule has 4 aromatic rings. The molecule has 0 bridgehead atoms. The molecule has 5 rings (SSSR count). The van der Waals surface area contributed by atoms with Crippen LogP contribution in [0.15, 0.2) is 70.5 Å². The lowest BCUT2D eigenvalue weighted by Crippen LogP contribution is -2.47. The number of nitrogens with one attached hydrogen (secondary N) is 1. The van der Waals surface area contributed by atoms with Crippen LogP contribution in [0, 0.1) is 0 Å². The third-order valence-corrected chi connectivity index (χ3v) is 6.59. The predicted molar refractivity (Wildman–Crippen MR) is 163 cm³/mol. The third kappa shape index (κ3) is 8.83. The molecule has 0 aliphatic carbocycles. The minimum absolute atomic E-state index is 0.0729. The summed E-state index contributed by atoms with van der Waals surface area (Å²) in [7, 11) is 3.64. The molecular formula is C30H35F2N5O3S. The van der Waals surface area contributed by atoms with Crippen LogP contribution in [0.2, 0.25) is 0 Å². The number of benzene rings is 2. The second kappa shape index (κ2) is 15.2. The number of carbonyl (C=O) groups excluding carboxylic acids is 1. The summed E-state index contributed by atoms with van der Waals surface area (Å²) in [5.41, 5.74) is 3.20. The van der Waals surface area contributed by atoms with Crippen LogP contribution in [-0.2, 0) is 23.0 Å². The van der Waals surface area contributed by atoms with Crippen molar-refractivity contribution in [3.8, 4) is 11.3 Å². The van der Waals surface area contributed by atoms with Crippen molar-refractivity contribution in [3.05, 3.63) is 76.8 Å². The largest absolute Gasteiger partial charge is 0.388 e. The Hall–Kier alpha value is -3.83. The summed E-state index contributed by atoms with van der Waals surface area (Å²) in [6.07, 6.45) is 3.03. The first-order valence-electron chi connectivity index (χ1n) is 13.1. The third-order valence-electron chi connectivity index (χ3n) is 6.32. The molecule has 0 radical (unpaired) electrons. The number of rotatable bonds is 5. The number of ether oxygens (including phenoxy) is 1. The zero-order valence-electron chi connectivity index (χ0n) is 23.6. The van der Waals surface area contributed by atoms with Gasteiger partial charge in [-0.3, -0.25) is 14.3 Å². The van der Waals surface area contributed by atoms with E-state index in [0.717, 1.165) is 38.9 Å². The van der Waals surface area contributed by atoms with Crippen molar-refractivity contribution in [3.63, 3.8) is 0 Å². The van der Waals surface area contributed by atoms with Gasteiger partial charge < -0.3 is 19.7 Å². The summed E-state index contributed by atoms with van der Waals surface area (Å²) in [5.74, 6) is 0.644. The van der Waals surface area contributed by atoms with Gasteiger partial charge in [0.2, 0.25) is 12.9 Å². The van der Waals surface area contributed by atoms with E-state index in [0.29, 0.717) is 24.7 Å². The van der Waals surface area contributed by atoms with Crippen molar-refractivity contribution in [1.82, 2.24) is 14.5 Å². The first kappa shape index (κ1) is 31.7. The number of thiol groups is 1. The van der Waals surface area contributed by atoms with E-state index in [2.05, 4.69) is 27.8 Å². The van der Waals surface area contributed by atoms with Crippen molar-refractivity contribution in [2.45, 2.75) is 37.4 Å². The Bertz CT molecular complexity index is 1510. The van der Waals surface area contributed by atoms with E-state index in [-0.39, 0.29) is 24.2 Å². The van der Waals surface area contributed by atoms with Crippen molar-refractivity contribution in [2.24, 2.45) is 7.05 Å². The number of fused-ring (bicyclic) bond motifs is 1. The summed E-state index contributed by atoms with van der Waals surface area (Å²) in [6, 6.07) is 17.2. The molecule has 0 spiro atoms. The molecular weight excluding hydrogens is 548 g/mol. The van der Waals surface area contributed by atoms with Crippen molar-refractivity contribution >= 4 is 41.3 Å². The SMILES string of the molecule is CC1CN(c2nc(-c3ccc4cnc(CC=O)cc4c3)cc(=O)n2C)CC(C)O1.CNc1cccc(S)c1.FCF. The van der Waals surface area contributed by atoms with E-state index in [4.69, 9.17) is 9.72 Å². The molecule has 0 saturated carbocycles. The average Bonchev–Trinajstić information content (AvgIpc) is 2.94. The lowest BCUT2D eigenvalue weighted by Gasteiger charge is -2.36. The Morgan fingerprint density at radius 2 is 1.78 bits per heavy atom. The standard InChI is InChI=1S/C22H24N4O3.C7H9NS.CH2F2/c1-14-12-26(13-15(2)29-14)22-24-20(10-21(28)25(22)3)16-4-5-17-11-23-19(6-7-27)9-18(17)8-16;1-8-6-3-2-4-7(9)5-6;2-1-3/h4-5,7-11,14-15H,6,12-13H2,1-3H3;2-5,8-9H,1H3;1H2. The fraction of sp³-hybridized carbons (Fsp3) is 0.333. The maximum atomic E-state index is 12.7. The molecule has 2 atom stereocenters. The summed E-state index contributed by atoms with van der Waals surface area (Å²) in [5, 5.41) is 4.96. The molecule has 2 unspecified atom stereocenters. The summed E-state index contributed by atoms with van der Waals surface area (Å²) < 4.78 is 26.6. The fourth-order valence-corrected chi connectivity index (χ4v) is 4.73. The molecule has 1 fully saturated rings. The van der Waals surface area contributed by atoms with Gasteiger partial charge in [-0.15, -0.1) is 12.6 Å². The average molecular weight is 584 g/mol. The highest BCUT2D eigenvalue weighted by molar-refractivity contribution is 7.80. The van der Waals surface area contributed by atoms with E-state index in [1.165, 1.54) is 0 Å². The van der Waals surface area contributed by atoms with E-state index < -0.39 is 6.93 Å². The maximum Gasteiger partial charge on any atom is 0.255 e. The van der Waals surface area contributed by atoms with Crippen LogP contribution < -0.4 is 15.8 Å². The Balaban J connectivity index is 0.000000323. The van der Waals surface area contributed by atoms with E-state index in [9.17, 15) is 18.4 Å². The number of hydrogen-bond donors (Lipinski definition) is 2. The molecule has 41 heavy (non-hydrogen) atoms. The molecule has 11 heteroatoms. The number of nitrogens with zero attached hydrogens (tertiary/aromatic N) is 4. The Morgan fingerprint density at radius 3 is 2.39 bits per heavy atom. The predicted octanol–water partition coefficient (Wildman–Crippen LogP) is 5.25. The Labute approximate surface area is 243 Å². The highest BCUT2D eigenvalue weighted by atomic mass is 32.1. The van der Waals surface area contributed by atoms with Crippen molar-refractivity contribution in [2.75, 3.05) is 37.3 Å². The molecule has 8 nitrogen and oxygen atoms in total. The lowest BCUT2D eigenvalue weighted by atomic mass is 10.1. The zero-order chi connectivity index (χ0) is 29.9. The van der Waals surface area contributed by atoms with Gasteiger partial charge in [0.05, 0.1) is 17.9 Å². The zero-order valence-corrected chi connectivity index (χ0v) is 24.4. The molecule has 2 aromatic heterocycles. The normalized spacial score (nSPS) is 16.2. The number of alkyl halides is 2. The Kier molecular flexibility index (Phi) is 11.8. The van der Waals surface area contributed by atoms with Gasteiger partial charge in [0.1, 0.15) is 6.29 Å². The molecule has 218 valence electrons. The highest BCUT2D eigenvalue weighted by Gasteiger charge is 2.25. The minimum atomic E-state index is -1.75. The molecule has 1 saturated heterocycles. The van der Waals surface area contributed by atoms with E-state index >= 15 is 0 Å². The number of morpholine rings is 1. The molecule has 2 aromatic carbocycles. The van der Waals surface area contributed by atoms with Gasteiger partial charge in [-0.1, -0.05) is 18.2 Å². The summed E-state index contributed by atoms with van der Waals surface area (Å²) in [6.45, 7) is 3.68. The van der Waals surface area contributed by atoms with Gasteiger partial charge in [0.25, 0.3) is 5.56 Å². The number of halogens is 2. The number of hydrogen-bond acceptors (Lipinski definition) is 8.